The van der Waals surface area contributed by atoms with E-state index in [0.29, 0.717) is 6.07 Å². The van der Waals surface area contributed by atoms with Crippen LogP contribution in [0.2, 0.25) is 10.0 Å². The van der Waals surface area contributed by atoms with Crippen LogP contribution in [-0.4, -0.2) is 41.9 Å². The number of ketones is 1. The van der Waals surface area contributed by atoms with Crippen molar-refractivity contribution in [2.75, 3.05) is 13.2 Å². The average Bonchev–Trinajstić information content (AvgIpc) is 2.63. The van der Waals surface area contributed by atoms with Gasteiger partial charge < -0.3 is 14.8 Å². The van der Waals surface area contributed by atoms with E-state index in [1.165, 1.54) is 13.8 Å². The molecule has 1 N–H and O–H groups in total. The first-order chi connectivity index (χ1) is 13.5. The minimum Gasteiger partial charge on any atom is -0.464 e. The van der Waals surface area contributed by atoms with Gasteiger partial charge in [0, 0.05) is 13.1 Å². The zero-order valence-corrected chi connectivity index (χ0v) is 17.1. The van der Waals surface area contributed by atoms with E-state index in [-0.39, 0.29) is 13.2 Å². The Balaban J connectivity index is 3.35. The molecule has 0 spiro atoms. The van der Waals surface area contributed by atoms with Gasteiger partial charge in [-0.2, -0.15) is 0 Å². The maximum atomic E-state index is 14.0. The normalized spacial score (nSPS) is 12.1. The molecule has 0 saturated heterocycles. The van der Waals surface area contributed by atoms with Crippen LogP contribution in [0, 0.1) is 15.9 Å². The average molecular weight is 451 g/mol. The lowest BCUT2D eigenvalue weighted by Crippen LogP contribution is -2.29. The molecule has 0 aliphatic rings. The summed E-state index contributed by atoms with van der Waals surface area (Å²) in [5.41, 5.74) is -2.25. The van der Waals surface area contributed by atoms with Crippen LogP contribution in [0.3, 0.4) is 0 Å². The van der Waals surface area contributed by atoms with E-state index in [9.17, 15) is 28.9 Å². The summed E-state index contributed by atoms with van der Waals surface area (Å²) < 4.78 is 23.6. The number of benzene rings is 1. The highest BCUT2D eigenvalue weighted by atomic mass is 35.5. The molecule has 1 aromatic carbocycles. The van der Waals surface area contributed by atoms with Crippen LogP contribution in [0.15, 0.2) is 17.8 Å². The number of nitro benzene ring substituents is 1. The summed E-state index contributed by atoms with van der Waals surface area (Å²) in [5, 5.41) is 12.2. The van der Waals surface area contributed by atoms with Gasteiger partial charge in [0.25, 0.3) is 0 Å². The summed E-state index contributed by atoms with van der Waals surface area (Å²) in [4.78, 5) is 45.9. The molecule has 12 heteroatoms. The van der Waals surface area contributed by atoms with E-state index < -0.39 is 61.4 Å². The Morgan fingerprint density at radius 1 is 1.31 bits per heavy atom. The molecule has 0 aromatic heterocycles. The topological polar surface area (TPSA) is 125 Å². The molecule has 0 heterocycles. The van der Waals surface area contributed by atoms with Crippen LogP contribution < -0.4 is 5.32 Å². The van der Waals surface area contributed by atoms with E-state index >= 15 is 0 Å². The second kappa shape index (κ2) is 10.7. The zero-order valence-electron chi connectivity index (χ0n) is 15.6. The first-order valence-electron chi connectivity index (χ1n) is 8.14. The SMILES string of the molecule is CCOC(=O)C(=CN[C@@H](C)COC(C)=O)C(=O)c1cc(F)c(Cl)c([N+](=O)[O-])c1Cl. The Morgan fingerprint density at radius 3 is 2.45 bits per heavy atom. The van der Waals surface area contributed by atoms with E-state index in [2.05, 4.69) is 5.32 Å². The van der Waals surface area contributed by atoms with Crippen molar-refractivity contribution in [1.82, 2.24) is 5.32 Å². The van der Waals surface area contributed by atoms with Crippen LogP contribution in [-0.2, 0) is 19.1 Å². The highest BCUT2D eigenvalue weighted by Crippen LogP contribution is 2.38. The molecule has 0 amide bonds. The number of hydrogen-bond acceptors (Lipinski definition) is 8. The van der Waals surface area contributed by atoms with Crippen molar-refractivity contribution in [3.8, 4) is 0 Å². The molecule has 0 fully saturated rings. The first-order valence-corrected chi connectivity index (χ1v) is 8.90. The Labute approximate surface area is 174 Å². The van der Waals surface area contributed by atoms with Crippen molar-refractivity contribution >= 4 is 46.6 Å². The van der Waals surface area contributed by atoms with Gasteiger partial charge in [0.2, 0.25) is 5.78 Å². The van der Waals surface area contributed by atoms with Crippen LogP contribution >= 0.6 is 23.2 Å². The molecule has 0 radical (unpaired) electrons. The number of nitro groups is 1. The summed E-state index contributed by atoms with van der Waals surface area (Å²) in [6, 6.07) is 0.0814. The van der Waals surface area contributed by atoms with Crippen LogP contribution in [0.1, 0.15) is 31.1 Å². The number of Topliss-reactive ketones (excluding diaryl/α,β-unsaturated/α-hetero) is 1. The molecule has 1 atom stereocenters. The molecule has 0 bridgehead atoms. The molecule has 0 unspecified atom stereocenters. The number of esters is 2. The molecule has 9 nitrogen and oxygen atoms in total. The lowest BCUT2D eigenvalue weighted by atomic mass is 10.0. The molecular formula is C17H17Cl2FN2O7. The summed E-state index contributed by atoms with van der Waals surface area (Å²) in [7, 11) is 0. The molecule has 0 aliphatic carbocycles. The number of hydrogen-bond donors (Lipinski definition) is 1. The fourth-order valence-corrected chi connectivity index (χ4v) is 2.57. The molecule has 0 saturated carbocycles. The predicted octanol–water partition coefficient (Wildman–Crippen LogP) is 3.21. The van der Waals surface area contributed by atoms with Gasteiger partial charge >= 0.3 is 17.6 Å². The number of carbonyl (C=O) groups excluding carboxylic acids is 3. The van der Waals surface area contributed by atoms with Crippen molar-refractivity contribution in [2.24, 2.45) is 0 Å². The van der Waals surface area contributed by atoms with E-state index in [0.717, 1.165) is 6.20 Å². The predicted molar refractivity (Wildman–Crippen MR) is 101 cm³/mol. The number of carbonyl (C=O) groups is 3. The summed E-state index contributed by atoms with van der Waals surface area (Å²) in [5.74, 6) is -3.98. The Hall–Kier alpha value is -2.72. The maximum Gasteiger partial charge on any atom is 0.343 e. The van der Waals surface area contributed by atoms with E-state index in [4.69, 9.17) is 32.7 Å². The van der Waals surface area contributed by atoms with Crippen molar-refractivity contribution in [2.45, 2.75) is 26.8 Å². The summed E-state index contributed by atoms with van der Waals surface area (Å²) in [6.07, 6.45) is 0.975. The van der Waals surface area contributed by atoms with E-state index in [1.807, 2.05) is 0 Å². The van der Waals surface area contributed by atoms with Crippen molar-refractivity contribution in [3.05, 3.63) is 49.4 Å². The first kappa shape index (κ1) is 24.3. The molecule has 158 valence electrons. The van der Waals surface area contributed by atoms with Crippen LogP contribution in [0.5, 0.6) is 0 Å². The van der Waals surface area contributed by atoms with Crippen molar-refractivity contribution in [1.29, 1.82) is 0 Å². The number of ether oxygens (including phenoxy) is 2. The van der Waals surface area contributed by atoms with Gasteiger partial charge in [-0.3, -0.25) is 19.7 Å². The third kappa shape index (κ3) is 6.40. The van der Waals surface area contributed by atoms with Crippen molar-refractivity contribution in [3.63, 3.8) is 0 Å². The smallest absolute Gasteiger partial charge is 0.343 e. The Morgan fingerprint density at radius 2 is 1.93 bits per heavy atom. The lowest BCUT2D eigenvalue weighted by Gasteiger charge is -2.14. The van der Waals surface area contributed by atoms with E-state index in [1.54, 1.807) is 6.92 Å². The Kier molecular flexibility index (Phi) is 8.99. The van der Waals surface area contributed by atoms with Crippen LogP contribution in [0.25, 0.3) is 0 Å². The van der Waals surface area contributed by atoms with Gasteiger partial charge in [-0.25, -0.2) is 9.18 Å². The summed E-state index contributed by atoms with van der Waals surface area (Å²) in [6.45, 7) is 4.15. The third-order valence-electron chi connectivity index (χ3n) is 3.35. The number of rotatable bonds is 9. The number of nitrogens with one attached hydrogen (secondary N) is 1. The van der Waals surface area contributed by atoms with Gasteiger partial charge in [0.1, 0.15) is 23.0 Å². The molecular weight excluding hydrogens is 434 g/mol. The third-order valence-corrected chi connectivity index (χ3v) is 4.09. The maximum absolute atomic E-state index is 14.0. The molecule has 0 aliphatic heterocycles. The van der Waals surface area contributed by atoms with Gasteiger partial charge in [0.05, 0.1) is 23.1 Å². The van der Waals surface area contributed by atoms with Crippen molar-refractivity contribution < 1.29 is 33.2 Å². The number of halogens is 3. The Bertz CT molecular complexity index is 874. The standard InChI is InChI=1S/C17H17Cl2FN2O7/c1-4-28-17(25)11(6-21-8(2)7-29-9(3)23)16(24)10-5-12(20)14(19)15(13(10)18)22(26)27/h5-6,8,21H,4,7H2,1-3H3/t8-/m0/s1. The fourth-order valence-electron chi connectivity index (χ4n) is 2.00. The van der Waals surface area contributed by atoms with Gasteiger partial charge in [-0.05, 0) is 19.9 Å². The highest BCUT2D eigenvalue weighted by molar-refractivity contribution is 6.42. The second-order valence-corrected chi connectivity index (χ2v) is 6.37. The quantitative estimate of drug-likeness (QED) is 0.0887. The van der Waals surface area contributed by atoms with Gasteiger partial charge in [0.15, 0.2) is 5.02 Å². The molecule has 29 heavy (non-hydrogen) atoms. The minimum absolute atomic E-state index is 0.0715. The highest BCUT2D eigenvalue weighted by Gasteiger charge is 2.31. The monoisotopic (exact) mass is 450 g/mol. The number of nitrogens with zero attached hydrogens (tertiary/aromatic N) is 1. The molecule has 1 aromatic rings. The zero-order chi connectivity index (χ0) is 22.3. The van der Waals surface area contributed by atoms with Gasteiger partial charge in [-0.1, -0.05) is 23.2 Å². The fraction of sp³-hybridized carbons (Fsp3) is 0.353. The summed E-state index contributed by atoms with van der Waals surface area (Å²) >= 11 is 11.4. The second-order valence-electron chi connectivity index (χ2n) is 5.62. The minimum atomic E-state index is -1.26. The van der Waals surface area contributed by atoms with Gasteiger partial charge in [-0.15, -0.1) is 0 Å². The van der Waals surface area contributed by atoms with Crippen LogP contribution in [0.4, 0.5) is 10.1 Å². The lowest BCUT2D eigenvalue weighted by molar-refractivity contribution is -0.384. The molecule has 1 rings (SSSR count). The largest absolute Gasteiger partial charge is 0.464 e.